The molecule has 0 saturated heterocycles. The number of fused-ring (bicyclic) bond motifs is 2. The van der Waals surface area contributed by atoms with Gasteiger partial charge in [-0.1, -0.05) is 24.3 Å². The quantitative estimate of drug-likeness (QED) is 0.606. The molecule has 0 atom stereocenters. The van der Waals surface area contributed by atoms with E-state index in [1.54, 1.807) is 48.5 Å². The molecular formula is C20H16O6S2. The van der Waals surface area contributed by atoms with Crippen molar-refractivity contribution in [2.45, 2.75) is 9.79 Å². The molecule has 1 aliphatic heterocycles. The number of carbonyl (C=O) groups is 4. The SMILES string of the molecule is O=C1COC(=O)c2ccccc2SCC(=O)CSc2ccccc2C(=O)OC1. The zero-order valence-electron chi connectivity index (χ0n) is 14.7. The molecule has 0 unspecified atom stereocenters. The molecule has 0 amide bonds. The molecule has 1 aliphatic rings. The zero-order chi connectivity index (χ0) is 19.9. The van der Waals surface area contributed by atoms with Crippen LogP contribution >= 0.6 is 23.5 Å². The van der Waals surface area contributed by atoms with Gasteiger partial charge in [-0.15, -0.1) is 23.5 Å². The van der Waals surface area contributed by atoms with E-state index in [1.807, 2.05) is 0 Å². The highest BCUT2D eigenvalue weighted by atomic mass is 32.2. The molecule has 1 heterocycles. The Morgan fingerprint density at radius 1 is 0.607 bits per heavy atom. The summed E-state index contributed by atoms with van der Waals surface area (Å²) in [5.74, 6) is -1.56. The Morgan fingerprint density at radius 2 is 1.04 bits per heavy atom. The second-order valence-corrected chi connectivity index (χ2v) is 7.83. The minimum absolute atomic E-state index is 0.0383. The molecule has 0 aromatic heterocycles. The molecule has 3 rings (SSSR count). The number of ether oxygens (including phenoxy) is 2. The zero-order valence-corrected chi connectivity index (χ0v) is 16.3. The third-order valence-corrected chi connectivity index (χ3v) is 5.99. The fourth-order valence-corrected chi connectivity index (χ4v) is 4.30. The second kappa shape index (κ2) is 9.57. The molecule has 28 heavy (non-hydrogen) atoms. The number of esters is 2. The van der Waals surface area contributed by atoms with Gasteiger partial charge in [-0.25, -0.2) is 9.59 Å². The fourth-order valence-electron chi connectivity index (χ4n) is 2.37. The van der Waals surface area contributed by atoms with Crippen LogP contribution in [0.5, 0.6) is 0 Å². The third kappa shape index (κ3) is 5.24. The van der Waals surface area contributed by atoms with E-state index in [4.69, 9.17) is 9.47 Å². The molecule has 2 aromatic carbocycles. The summed E-state index contributed by atoms with van der Waals surface area (Å²) in [6, 6.07) is 13.5. The predicted octanol–water partition coefficient (Wildman–Crippen LogP) is 3.04. The smallest absolute Gasteiger partial charge is 0.339 e. The molecule has 0 spiro atoms. The fraction of sp³-hybridized carbons (Fsp3) is 0.200. The Hall–Kier alpha value is -2.58. The van der Waals surface area contributed by atoms with Crippen LogP contribution < -0.4 is 0 Å². The van der Waals surface area contributed by atoms with Gasteiger partial charge in [0.25, 0.3) is 0 Å². The summed E-state index contributed by atoms with van der Waals surface area (Å²) < 4.78 is 10.1. The number of cyclic esters (lactones) is 2. The van der Waals surface area contributed by atoms with Gasteiger partial charge >= 0.3 is 11.9 Å². The van der Waals surface area contributed by atoms with E-state index in [0.29, 0.717) is 9.79 Å². The molecule has 8 heteroatoms. The first-order valence-corrected chi connectivity index (χ1v) is 10.3. The highest BCUT2D eigenvalue weighted by Gasteiger charge is 2.19. The van der Waals surface area contributed by atoms with E-state index in [1.165, 1.54) is 23.5 Å². The summed E-state index contributed by atoms with van der Waals surface area (Å²) in [6.07, 6.45) is 0. The number of thioether (sulfide) groups is 2. The van der Waals surface area contributed by atoms with Crippen molar-refractivity contribution in [3.8, 4) is 0 Å². The van der Waals surface area contributed by atoms with E-state index in [0.717, 1.165) is 0 Å². The van der Waals surface area contributed by atoms with Gasteiger partial charge in [-0.05, 0) is 24.3 Å². The Morgan fingerprint density at radius 3 is 1.50 bits per heavy atom. The summed E-state index contributed by atoms with van der Waals surface area (Å²) in [5, 5.41) is 0. The van der Waals surface area contributed by atoms with Crippen LogP contribution in [0.25, 0.3) is 0 Å². The maximum Gasteiger partial charge on any atom is 0.339 e. The molecule has 6 nitrogen and oxygen atoms in total. The molecule has 0 fully saturated rings. The summed E-state index contributed by atoms with van der Waals surface area (Å²) in [6.45, 7) is -0.999. The second-order valence-electron chi connectivity index (χ2n) is 5.80. The lowest BCUT2D eigenvalue weighted by atomic mass is 10.2. The maximum absolute atomic E-state index is 12.3. The van der Waals surface area contributed by atoms with Crippen molar-refractivity contribution in [1.29, 1.82) is 0 Å². The van der Waals surface area contributed by atoms with Crippen molar-refractivity contribution in [2.75, 3.05) is 24.7 Å². The van der Waals surface area contributed by atoms with Gasteiger partial charge in [0, 0.05) is 9.79 Å². The molecule has 0 aliphatic carbocycles. The van der Waals surface area contributed by atoms with Crippen molar-refractivity contribution >= 4 is 47.0 Å². The first kappa shape index (κ1) is 20.2. The van der Waals surface area contributed by atoms with Gasteiger partial charge in [0.05, 0.1) is 22.6 Å². The number of rotatable bonds is 0. The average molecular weight is 416 g/mol. The highest BCUT2D eigenvalue weighted by Crippen LogP contribution is 2.27. The van der Waals surface area contributed by atoms with Crippen LogP contribution in [-0.4, -0.2) is 48.2 Å². The predicted molar refractivity (Wildman–Crippen MR) is 105 cm³/mol. The Bertz CT molecular complexity index is 853. The standard InChI is InChI=1S/C20H16O6S2/c21-13-9-25-19(23)15-5-1-3-7-17(15)27-11-14(22)12-28-18-8-4-2-6-16(18)20(24)26-10-13/h1-8H,9-12H2. The van der Waals surface area contributed by atoms with Gasteiger partial charge in [-0.2, -0.15) is 0 Å². The lowest BCUT2D eigenvalue weighted by Crippen LogP contribution is -2.21. The van der Waals surface area contributed by atoms with E-state index in [9.17, 15) is 19.2 Å². The Balaban J connectivity index is 1.83. The molecule has 0 radical (unpaired) electrons. The number of carbonyl (C=O) groups excluding carboxylic acids is 4. The van der Waals surface area contributed by atoms with Gasteiger partial charge < -0.3 is 9.47 Å². The van der Waals surface area contributed by atoms with Crippen molar-refractivity contribution in [3.05, 3.63) is 59.7 Å². The summed E-state index contributed by atoms with van der Waals surface area (Å²) >= 11 is 2.47. The molecule has 0 bridgehead atoms. The number of ketones is 2. The topological polar surface area (TPSA) is 86.7 Å². The van der Waals surface area contributed by atoms with Gasteiger partial charge in [-0.3, -0.25) is 9.59 Å². The molecule has 144 valence electrons. The molecule has 0 N–H and O–H groups in total. The Labute approximate surface area is 170 Å². The van der Waals surface area contributed by atoms with E-state index < -0.39 is 30.9 Å². The van der Waals surface area contributed by atoms with Gasteiger partial charge in [0.1, 0.15) is 0 Å². The van der Waals surface area contributed by atoms with Crippen LogP contribution in [0.1, 0.15) is 20.7 Å². The largest absolute Gasteiger partial charge is 0.454 e. The molecule has 0 saturated carbocycles. The van der Waals surface area contributed by atoms with E-state index in [2.05, 4.69) is 0 Å². The number of Topliss-reactive ketones (excluding diaryl/α,β-unsaturated/α-hetero) is 2. The molecule has 2 aromatic rings. The molecular weight excluding hydrogens is 400 g/mol. The monoisotopic (exact) mass is 416 g/mol. The normalized spacial score (nSPS) is 16.6. The third-order valence-electron chi connectivity index (χ3n) is 3.72. The van der Waals surface area contributed by atoms with Crippen LogP contribution in [0.3, 0.4) is 0 Å². The minimum atomic E-state index is -0.665. The van der Waals surface area contributed by atoms with Crippen LogP contribution in [0, 0.1) is 0 Å². The van der Waals surface area contributed by atoms with Crippen molar-refractivity contribution in [2.24, 2.45) is 0 Å². The summed E-state index contributed by atoms with van der Waals surface area (Å²) in [5.41, 5.74) is 0.574. The summed E-state index contributed by atoms with van der Waals surface area (Å²) in [4.78, 5) is 50.0. The Kier molecular flexibility index (Phi) is 6.89. The van der Waals surface area contributed by atoms with Crippen LogP contribution in [0.15, 0.2) is 58.3 Å². The van der Waals surface area contributed by atoms with Gasteiger partial charge in [0.15, 0.2) is 19.0 Å². The van der Waals surface area contributed by atoms with E-state index >= 15 is 0 Å². The lowest BCUT2D eigenvalue weighted by Gasteiger charge is -2.11. The number of hydrogen-bond donors (Lipinski definition) is 0. The summed E-state index contributed by atoms with van der Waals surface area (Å²) in [7, 11) is 0. The number of hydrogen-bond acceptors (Lipinski definition) is 8. The minimum Gasteiger partial charge on any atom is -0.454 e. The average Bonchev–Trinajstić information content (AvgIpc) is 2.72. The van der Waals surface area contributed by atoms with E-state index in [-0.39, 0.29) is 28.4 Å². The van der Waals surface area contributed by atoms with Crippen molar-refractivity contribution in [1.82, 2.24) is 0 Å². The van der Waals surface area contributed by atoms with Crippen molar-refractivity contribution in [3.63, 3.8) is 0 Å². The first-order valence-electron chi connectivity index (χ1n) is 8.36. The van der Waals surface area contributed by atoms with Crippen LogP contribution in [0.2, 0.25) is 0 Å². The lowest BCUT2D eigenvalue weighted by molar-refractivity contribution is -0.125. The van der Waals surface area contributed by atoms with Crippen molar-refractivity contribution < 1.29 is 28.7 Å². The van der Waals surface area contributed by atoms with Crippen LogP contribution in [-0.2, 0) is 19.1 Å². The maximum atomic E-state index is 12.3. The highest BCUT2D eigenvalue weighted by molar-refractivity contribution is 8.01. The number of benzene rings is 2. The van der Waals surface area contributed by atoms with Gasteiger partial charge in [0.2, 0.25) is 5.78 Å². The van der Waals surface area contributed by atoms with Crippen LogP contribution in [0.4, 0.5) is 0 Å². The first-order chi connectivity index (χ1) is 13.5.